The fraction of sp³-hybridized carbons (Fsp3) is 0.134. The molecule has 0 bridgehead atoms. The third kappa shape index (κ3) is 5.94. The van der Waals surface area contributed by atoms with E-state index in [0.29, 0.717) is 0 Å². The Hall–Kier alpha value is -7.74. The predicted octanol–water partition coefficient (Wildman–Crippen LogP) is 18.2. The summed E-state index contributed by atoms with van der Waals surface area (Å²) in [5.74, 6) is 0. The zero-order valence-electron chi connectivity index (χ0n) is 39.7. The van der Waals surface area contributed by atoms with Crippen LogP contribution in [0.25, 0.3) is 77.5 Å². The van der Waals surface area contributed by atoms with Gasteiger partial charge < -0.3 is 4.90 Å². The Balaban J connectivity index is 0.913. The monoisotopic (exact) mass is 871 g/mol. The van der Waals surface area contributed by atoms with Gasteiger partial charge in [-0.25, -0.2) is 0 Å². The van der Waals surface area contributed by atoms with Gasteiger partial charge in [0.05, 0.1) is 0 Å². The van der Waals surface area contributed by atoms with Gasteiger partial charge in [0.25, 0.3) is 0 Å². The summed E-state index contributed by atoms with van der Waals surface area (Å²) in [5.41, 5.74) is 26.8. The van der Waals surface area contributed by atoms with Crippen molar-refractivity contribution in [3.63, 3.8) is 0 Å². The van der Waals surface area contributed by atoms with Crippen LogP contribution in [0.3, 0.4) is 0 Å². The third-order valence-corrected chi connectivity index (χ3v) is 16.1. The molecule has 0 heterocycles. The Bertz CT molecular complexity index is 3670. The lowest BCUT2D eigenvalue weighted by Crippen LogP contribution is -2.18. The predicted molar refractivity (Wildman–Crippen MR) is 288 cm³/mol. The summed E-state index contributed by atoms with van der Waals surface area (Å²) >= 11 is 0. The van der Waals surface area contributed by atoms with Gasteiger partial charge in [-0.05, 0) is 166 Å². The third-order valence-electron chi connectivity index (χ3n) is 16.1. The summed E-state index contributed by atoms with van der Waals surface area (Å²) in [4.78, 5) is 2.48. The number of anilines is 3. The second-order valence-electron chi connectivity index (χ2n) is 20.9. The van der Waals surface area contributed by atoms with E-state index in [4.69, 9.17) is 0 Å². The van der Waals surface area contributed by atoms with Crippen LogP contribution in [0.4, 0.5) is 17.1 Å². The van der Waals surface area contributed by atoms with Crippen LogP contribution in [0.5, 0.6) is 0 Å². The first-order valence-corrected chi connectivity index (χ1v) is 24.2. The van der Waals surface area contributed by atoms with Crippen molar-refractivity contribution in [3.05, 3.63) is 246 Å². The summed E-state index contributed by atoms with van der Waals surface area (Å²) in [5, 5.41) is 2.57. The molecule has 0 spiro atoms. The number of rotatable bonds is 6. The van der Waals surface area contributed by atoms with Crippen molar-refractivity contribution < 1.29 is 0 Å². The Morgan fingerprint density at radius 2 is 0.662 bits per heavy atom. The highest BCUT2D eigenvalue weighted by atomic mass is 15.1. The maximum absolute atomic E-state index is 2.55. The molecule has 0 aliphatic heterocycles. The highest BCUT2D eigenvalue weighted by Gasteiger charge is 2.42. The molecule has 1 nitrogen and oxygen atoms in total. The number of hydrogen-bond donors (Lipinski definition) is 0. The Labute approximate surface area is 401 Å². The van der Waals surface area contributed by atoms with Gasteiger partial charge in [0.1, 0.15) is 0 Å². The van der Waals surface area contributed by atoms with Crippen LogP contribution in [0, 0.1) is 0 Å². The van der Waals surface area contributed by atoms with Crippen LogP contribution >= 0.6 is 0 Å². The van der Waals surface area contributed by atoms with Crippen molar-refractivity contribution in [2.45, 2.75) is 57.8 Å². The van der Waals surface area contributed by atoms with Crippen LogP contribution in [0.1, 0.15) is 74.9 Å². The molecule has 0 aromatic heterocycles. The number of hydrogen-bond acceptors (Lipinski definition) is 1. The quantitative estimate of drug-likeness (QED) is 0.161. The molecular formula is C67H53N. The minimum atomic E-state index is -0.223. The van der Waals surface area contributed by atoms with Crippen LogP contribution in [-0.2, 0) is 16.2 Å². The van der Waals surface area contributed by atoms with E-state index in [1.807, 2.05) is 0 Å². The van der Waals surface area contributed by atoms with Crippen LogP contribution in [0.15, 0.2) is 212 Å². The van der Waals surface area contributed by atoms with Crippen molar-refractivity contribution in [1.29, 1.82) is 0 Å². The van der Waals surface area contributed by atoms with Crippen molar-refractivity contribution in [2.75, 3.05) is 4.90 Å². The smallest absolute Gasteiger partial charge is 0.0465 e. The highest BCUT2D eigenvalue weighted by molar-refractivity contribution is 5.99. The maximum Gasteiger partial charge on any atom is 0.0465 e. The van der Waals surface area contributed by atoms with E-state index < -0.39 is 0 Å². The Morgan fingerprint density at radius 3 is 1.32 bits per heavy atom. The van der Waals surface area contributed by atoms with Crippen LogP contribution in [-0.4, -0.2) is 0 Å². The van der Waals surface area contributed by atoms with Gasteiger partial charge in [0, 0.05) is 33.3 Å². The zero-order chi connectivity index (χ0) is 46.1. The molecule has 0 radical (unpaired) electrons. The normalized spacial score (nSPS) is 15.0. The van der Waals surface area contributed by atoms with Crippen LogP contribution < -0.4 is 4.90 Å². The molecule has 0 N–H and O–H groups in total. The average Bonchev–Trinajstić information content (AvgIpc) is 3.84. The van der Waals surface area contributed by atoms with E-state index in [1.54, 1.807) is 0 Å². The standard InChI is InChI=1S/C67H53N/c1-65(2)59-22-13-12-20-53(59)54-34-32-49(38-61(54)65)68(48-30-27-45(28-31-48)44-25-23-43(24-26-44)42-15-8-7-9-16-42)50-33-35-55-57-40-64-58(41-63(57)67(5,6)62(55)39-50)56-37-47(29-36-60(56)66(64,3)4)52-21-14-18-46-17-10-11-19-51(46)52/h7-41H,1-6H3. The van der Waals surface area contributed by atoms with Gasteiger partial charge in [-0.2, -0.15) is 0 Å². The van der Waals surface area contributed by atoms with Crippen molar-refractivity contribution >= 4 is 27.8 Å². The second kappa shape index (κ2) is 14.6. The van der Waals surface area contributed by atoms with E-state index in [-0.39, 0.29) is 16.2 Å². The Kier molecular flexibility index (Phi) is 8.72. The summed E-state index contributed by atoms with van der Waals surface area (Å²) < 4.78 is 0. The molecule has 68 heavy (non-hydrogen) atoms. The first kappa shape index (κ1) is 40.5. The molecule has 326 valence electrons. The number of fused-ring (bicyclic) bond motifs is 10. The molecule has 0 amide bonds. The second-order valence-corrected chi connectivity index (χ2v) is 20.9. The minimum Gasteiger partial charge on any atom is -0.310 e. The molecular weight excluding hydrogens is 819 g/mol. The Morgan fingerprint density at radius 1 is 0.250 bits per heavy atom. The van der Waals surface area contributed by atoms with Gasteiger partial charge in [-0.1, -0.05) is 199 Å². The van der Waals surface area contributed by atoms with E-state index in [1.165, 1.54) is 111 Å². The van der Waals surface area contributed by atoms with E-state index in [0.717, 1.165) is 17.1 Å². The molecule has 0 atom stereocenters. The largest absolute Gasteiger partial charge is 0.310 e. The van der Waals surface area contributed by atoms with Crippen molar-refractivity contribution in [1.82, 2.24) is 0 Å². The maximum atomic E-state index is 2.55. The SMILES string of the molecule is CC1(C)c2ccccc2-c2ccc(N(c3ccc(-c4ccc(-c5ccccc5)cc4)cc3)c3ccc4c(c3)C(C)(C)c3cc5c(cc3-4)C(C)(C)c3ccc(-c4cccc6ccccc46)cc3-5)cc21. The lowest BCUT2D eigenvalue weighted by atomic mass is 9.79. The van der Waals surface area contributed by atoms with Crippen molar-refractivity contribution in [3.8, 4) is 66.8 Å². The molecule has 1 heteroatoms. The summed E-state index contributed by atoms with van der Waals surface area (Å²) in [6.07, 6.45) is 0. The number of benzene rings is 10. The lowest BCUT2D eigenvalue weighted by molar-refractivity contribution is 0.652. The molecule has 3 aliphatic carbocycles. The van der Waals surface area contributed by atoms with Gasteiger partial charge in [-0.3, -0.25) is 0 Å². The molecule has 0 saturated carbocycles. The molecule has 10 aromatic carbocycles. The highest BCUT2D eigenvalue weighted by Crippen LogP contribution is 2.58. The number of nitrogens with zero attached hydrogens (tertiary/aromatic N) is 1. The van der Waals surface area contributed by atoms with Crippen LogP contribution in [0.2, 0.25) is 0 Å². The first-order valence-electron chi connectivity index (χ1n) is 24.2. The van der Waals surface area contributed by atoms with Gasteiger partial charge in [-0.15, -0.1) is 0 Å². The molecule has 13 rings (SSSR count). The molecule has 0 unspecified atom stereocenters. The summed E-state index contributed by atoms with van der Waals surface area (Å²) in [6, 6.07) is 79.8. The summed E-state index contributed by atoms with van der Waals surface area (Å²) in [6.45, 7) is 14.4. The van der Waals surface area contributed by atoms with Gasteiger partial charge in [0.15, 0.2) is 0 Å². The van der Waals surface area contributed by atoms with Gasteiger partial charge >= 0.3 is 0 Å². The average molecular weight is 872 g/mol. The van der Waals surface area contributed by atoms with E-state index in [9.17, 15) is 0 Å². The zero-order valence-corrected chi connectivity index (χ0v) is 39.7. The van der Waals surface area contributed by atoms with Crippen molar-refractivity contribution in [2.24, 2.45) is 0 Å². The van der Waals surface area contributed by atoms with Gasteiger partial charge in [0.2, 0.25) is 0 Å². The minimum absolute atomic E-state index is 0.118. The summed E-state index contributed by atoms with van der Waals surface area (Å²) in [7, 11) is 0. The molecule has 0 saturated heterocycles. The fourth-order valence-electron chi connectivity index (χ4n) is 12.3. The van der Waals surface area contributed by atoms with E-state index in [2.05, 4.69) is 259 Å². The topological polar surface area (TPSA) is 3.24 Å². The fourth-order valence-corrected chi connectivity index (χ4v) is 12.3. The lowest BCUT2D eigenvalue weighted by Gasteiger charge is -2.30. The molecule has 3 aliphatic rings. The van der Waals surface area contributed by atoms with E-state index >= 15 is 0 Å². The molecule has 0 fully saturated rings. The first-order chi connectivity index (χ1) is 33.0. The molecule has 10 aromatic rings.